The summed E-state index contributed by atoms with van der Waals surface area (Å²) < 4.78 is 38.1. The minimum atomic E-state index is -4.13. The summed E-state index contributed by atoms with van der Waals surface area (Å²) in [6.07, 6.45) is 0. The number of allylic oxidation sites excluding steroid dienone is 3. The van der Waals surface area contributed by atoms with E-state index in [1.165, 1.54) is 0 Å². The zero-order valence-electron chi connectivity index (χ0n) is 11.7. The van der Waals surface area contributed by atoms with Crippen LogP contribution in [0.1, 0.15) is 0 Å². The molecule has 0 spiro atoms. The van der Waals surface area contributed by atoms with Crippen molar-refractivity contribution in [3.05, 3.63) is 52.1 Å². The first-order valence-electron chi connectivity index (χ1n) is 6.06. The molecule has 0 fully saturated rings. The average Bonchev–Trinajstić information content (AvgIpc) is 3.19. The van der Waals surface area contributed by atoms with Gasteiger partial charge in [0.1, 0.15) is 0 Å². The van der Waals surface area contributed by atoms with Crippen molar-refractivity contribution >= 4 is 90.4 Å². The van der Waals surface area contributed by atoms with Crippen LogP contribution in [0.3, 0.4) is 0 Å². The number of hydrogen-bond donors (Lipinski definition) is 0. The standard InChI is InChI=1S/C12H3Br3Cl3I3O4P/c13-10-7(16)4(1-19-10)23-26(22,24-5-2-20-11(14)8(5)17)25-6-3-21-12(15)9(6)18/h1-3H/q-3. The Balaban J connectivity index is 1.88. The summed E-state index contributed by atoms with van der Waals surface area (Å²) in [4.78, 5) is 0. The SMILES string of the molecule is O=P(OC1=C[I-]C(Br)=C1Cl)(OC1=C[I-]C(Br)=C1Cl)OC1=C[I-]C(Br)=C1Cl. The van der Waals surface area contributed by atoms with E-state index in [0.717, 1.165) is 7.47 Å². The molecule has 146 valence electrons. The van der Waals surface area contributed by atoms with Gasteiger partial charge in [-0.25, -0.2) is 0 Å². The van der Waals surface area contributed by atoms with E-state index < -0.39 is 71.4 Å². The summed E-state index contributed by atoms with van der Waals surface area (Å²) >= 11 is 27.3. The van der Waals surface area contributed by atoms with Gasteiger partial charge in [-0.2, -0.15) is 0 Å². The van der Waals surface area contributed by atoms with Gasteiger partial charge in [0.25, 0.3) is 0 Å². The van der Waals surface area contributed by atoms with Crippen LogP contribution in [0, 0.1) is 0 Å². The van der Waals surface area contributed by atoms with E-state index in [4.69, 9.17) is 48.4 Å². The molecule has 3 rings (SSSR count). The molecule has 0 aromatic heterocycles. The third-order valence-electron chi connectivity index (χ3n) is 2.53. The van der Waals surface area contributed by atoms with Crippen LogP contribution in [0.15, 0.2) is 52.1 Å². The fraction of sp³-hybridized carbons (Fsp3) is 0. The zero-order valence-corrected chi connectivity index (χ0v) is 26.1. The summed E-state index contributed by atoms with van der Waals surface area (Å²) in [7, 11) is -4.13. The fourth-order valence-electron chi connectivity index (χ4n) is 1.46. The van der Waals surface area contributed by atoms with E-state index >= 15 is 0 Å². The average molecular weight is 969 g/mol. The van der Waals surface area contributed by atoms with Gasteiger partial charge in [-0.3, -0.25) is 0 Å². The third kappa shape index (κ3) is 5.43. The van der Waals surface area contributed by atoms with Crippen molar-refractivity contribution < 1.29 is 81.8 Å². The van der Waals surface area contributed by atoms with Crippen LogP contribution in [0.2, 0.25) is 0 Å². The van der Waals surface area contributed by atoms with Crippen LogP contribution in [0.4, 0.5) is 0 Å². The van der Waals surface area contributed by atoms with Gasteiger partial charge in [-0.1, -0.05) is 0 Å². The van der Waals surface area contributed by atoms with Gasteiger partial charge in [0.2, 0.25) is 0 Å². The number of rotatable bonds is 6. The first-order chi connectivity index (χ1) is 12.2. The Morgan fingerprint density at radius 2 is 0.962 bits per heavy atom. The number of phosphoric acid groups is 1. The first kappa shape index (κ1) is 23.2. The van der Waals surface area contributed by atoms with Crippen LogP contribution in [-0.2, 0) is 18.1 Å². The maximum absolute atomic E-state index is 13.4. The first-order valence-corrected chi connectivity index (χ1v) is 18.0. The molecular weight excluding hydrogens is 966 g/mol. The Kier molecular flexibility index (Phi) is 8.76. The molecule has 0 aliphatic carbocycles. The fourth-order valence-corrected chi connectivity index (χ4v) is 12.1. The van der Waals surface area contributed by atoms with Crippen molar-refractivity contribution in [1.29, 1.82) is 0 Å². The van der Waals surface area contributed by atoms with Crippen molar-refractivity contribution in [2.24, 2.45) is 0 Å². The van der Waals surface area contributed by atoms with Gasteiger partial charge < -0.3 is 0 Å². The molecule has 0 atom stereocenters. The van der Waals surface area contributed by atoms with E-state index in [1.807, 2.05) is 0 Å². The summed E-state index contributed by atoms with van der Waals surface area (Å²) in [5, 5.41) is 1.07. The second-order valence-corrected chi connectivity index (χ2v) is 20.6. The van der Waals surface area contributed by atoms with Gasteiger partial charge in [-0.05, 0) is 0 Å². The summed E-state index contributed by atoms with van der Waals surface area (Å²) in [6.45, 7) is 0. The molecule has 14 heteroatoms. The van der Waals surface area contributed by atoms with Crippen molar-refractivity contribution in [3.63, 3.8) is 0 Å². The van der Waals surface area contributed by atoms with Crippen LogP contribution in [0.25, 0.3) is 0 Å². The second-order valence-electron chi connectivity index (χ2n) is 4.19. The van der Waals surface area contributed by atoms with Crippen LogP contribution in [-0.4, -0.2) is 0 Å². The van der Waals surface area contributed by atoms with Crippen molar-refractivity contribution in [2.75, 3.05) is 0 Å². The number of halogens is 9. The molecule has 3 aliphatic heterocycles. The van der Waals surface area contributed by atoms with Crippen molar-refractivity contribution in [1.82, 2.24) is 0 Å². The van der Waals surface area contributed by atoms with E-state index in [1.54, 1.807) is 12.2 Å². The van der Waals surface area contributed by atoms with E-state index in [2.05, 4.69) is 47.8 Å². The summed E-state index contributed by atoms with van der Waals surface area (Å²) in [6, 6.07) is 0. The molecule has 0 unspecified atom stereocenters. The Labute approximate surface area is 220 Å². The predicted octanol–water partition coefficient (Wildman–Crippen LogP) is -1.62. The molecule has 0 bridgehead atoms. The summed E-state index contributed by atoms with van der Waals surface area (Å²) in [5.41, 5.74) is 0. The Hall–Kier alpha value is 2.57. The van der Waals surface area contributed by atoms with Crippen molar-refractivity contribution in [3.8, 4) is 0 Å². The maximum atomic E-state index is 13.4. The molecule has 4 nitrogen and oxygen atoms in total. The Morgan fingerprint density at radius 3 is 1.15 bits per heavy atom. The molecule has 0 radical (unpaired) electrons. The van der Waals surface area contributed by atoms with Gasteiger partial charge in [-0.15, -0.1) is 0 Å². The Morgan fingerprint density at radius 1 is 0.692 bits per heavy atom. The van der Waals surface area contributed by atoms with E-state index in [-0.39, 0.29) is 17.3 Å². The number of phosphoric ester groups is 1. The second kappa shape index (κ2) is 9.80. The van der Waals surface area contributed by atoms with Gasteiger partial charge in [0.15, 0.2) is 0 Å². The van der Waals surface area contributed by atoms with Gasteiger partial charge in [0, 0.05) is 0 Å². The van der Waals surface area contributed by atoms with Crippen LogP contribution >= 0.6 is 90.4 Å². The topological polar surface area (TPSA) is 44.8 Å². The molecule has 0 saturated carbocycles. The normalized spacial score (nSPS) is 21.5. The number of hydrogen-bond acceptors (Lipinski definition) is 4. The summed E-state index contributed by atoms with van der Waals surface area (Å²) in [5.74, 6) is 0.777. The van der Waals surface area contributed by atoms with Gasteiger partial charge in [0.05, 0.1) is 0 Å². The molecule has 0 aromatic rings. The predicted molar refractivity (Wildman–Crippen MR) is 101 cm³/mol. The monoisotopic (exact) mass is 964 g/mol. The minimum absolute atomic E-state index is 0.259. The third-order valence-corrected chi connectivity index (χ3v) is 17.1. The molecule has 26 heavy (non-hydrogen) atoms. The molecule has 0 N–H and O–H groups in total. The molecule has 0 aromatic carbocycles. The van der Waals surface area contributed by atoms with Gasteiger partial charge >= 0.3 is 224 Å². The van der Waals surface area contributed by atoms with E-state index in [0.29, 0.717) is 15.1 Å². The molecule has 0 amide bonds. The molecular formula is C12H3Br3Cl3I3O4P-3. The zero-order chi connectivity index (χ0) is 19.1. The molecule has 0 saturated heterocycles. The molecule has 3 heterocycles. The molecule has 3 aliphatic rings. The Bertz CT molecular complexity index is 799. The quantitative estimate of drug-likeness (QED) is 0.238. The van der Waals surface area contributed by atoms with E-state index in [9.17, 15) is 4.57 Å². The van der Waals surface area contributed by atoms with Crippen molar-refractivity contribution in [2.45, 2.75) is 0 Å². The van der Waals surface area contributed by atoms with Crippen LogP contribution < -0.4 is 63.6 Å². The van der Waals surface area contributed by atoms with Crippen LogP contribution in [0.5, 0.6) is 0 Å².